The minimum Gasteiger partial charge on any atom is -0.493 e. The Morgan fingerprint density at radius 2 is 1.73 bits per heavy atom. The van der Waals surface area contributed by atoms with E-state index in [-0.39, 0.29) is 48.8 Å². The first-order valence-corrected chi connectivity index (χ1v) is 20.0. The van der Waals surface area contributed by atoms with Crippen molar-refractivity contribution in [2.75, 3.05) is 19.7 Å². The van der Waals surface area contributed by atoms with E-state index >= 15 is 0 Å². The van der Waals surface area contributed by atoms with Crippen molar-refractivity contribution in [3.63, 3.8) is 0 Å². The molecular formula is C39H53ClN6O5S. The summed E-state index contributed by atoms with van der Waals surface area (Å²) in [5, 5.41) is 10.4. The van der Waals surface area contributed by atoms with E-state index in [1.165, 1.54) is 11.3 Å². The Labute approximate surface area is 315 Å². The van der Waals surface area contributed by atoms with Crippen LogP contribution in [0.5, 0.6) is 5.75 Å². The molecule has 1 aliphatic carbocycles. The molecule has 2 aromatic carbocycles. The molecule has 1 saturated carbocycles. The summed E-state index contributed by atoms with van der Waals surface area (Å²) in [6, 6.07) is 11.1. The number of nitrogens with two attached hydrogens (primary N) is 2. The lowest BCUT2D eigenvalue weighted by Gasteiger charge is -2.32. The molecule has 4 atom stereocenters. The van der Waals surface area contributed by atoms with Crippen molar-refractivity contribution in [2.24, 2.45) is 29.2 Å². The van der Waals surface area contributed by atoms with Crippen molar-refractivity contribution in [1.29, 1.82) is 0 Å². The number of carbonyl (C=O) groups excluding carboxylic acids is 4. The topological polar surface area (TPSA) is 179 Å². The zero-order valence-corrected chi connectivity index (χ0v) is 31.6. The van der Waals surface area contributed by atoms with Crippen LogP contribution in [0.4, 0.5) is 0 Å². The maximum Gasteiger partial charge on any atom is 0.243 e. The fraction of sp³-hybridized carbons (Fsp3) is 0.564. The summed E-state index contributed by atoms with van der Waals surface area (Å²) in [6.45, 7) is 3.34. The van der Waals surface area contributed by atoms with Gasteiger partial charge in [-0.2, -0.15) is 0 Å². The van der Waals surface area contributed by atoms with Crippen LogP contribution in [0.1, 0.15) is 94.2 Å². The predicted octanol–water partition coefficient (Wildman–Crippen LogP) is 5.37. The third-order valence-corrected chi connectivity index (χ3v) is 11.7. The Kier molecular flexibility index (Phi) is 14.8. The van der Waals surface area contributed by atoms with Gasteiger partial charge in [0.25, 0.3) is 0 Å². The summed E-state index contributed by atoms with van der Waals surface area (Å²) in [5.41, 5.74) is 13.4. The van der Waals surface area contributed by atoms with Gasteiger partial charge in [-0.15, -0.1) is 11.3 Å². The zero-order chi connectivity index (χ0) is 37.0. The van der Waals surface area contributed by atoms with Gasteiger partial charge < -0.3 is 32.2 Å². The maximum absolute atomic E-state index is 14.4. The molecular weight excluding hydrogens is 700 g/mol. The van der Waals surface area contributed by atoms with E-state index in [1.807, 2.05) is 36.4 Å². The Bertz CT molecular complexity index is 1680. The van der Waals surface area contributed by atoms with Crippen molar-refractivity contribution in [1.82, 2.24) is 20.9 Å². The monoisotopic (exact) mass is 752 g/mol. The molecule has 3 aromatic rings. The van der Waals surface area contributed by atoms with Crippen LogP contribution in [0.25, 0.3) is 10.2 Å². The zero-order valence-electron chi connectivity index (χ0n) is 30.0. The van der Waals surface area contributed by atoms with Gasteiger partial charge in [0, 0.05) is 42.2 Å². The maximum atomic E-state index is 14.4. The molecule has 2 heterocycles. The van der Waals surface area contributed by atoms with Crippen molar-refractivity contribution in [3.05, 3.63) is 58.1 Å². The summed E-state index contributed by atoms with van der Waals surface area (Å²) in [5.74, 6) is -0.266. The van der Waals surface area contributed by atoms with Gasteiger partial charge >= 0.3 is 0 Å². The van der Waals surface area contributed by atoms with Crippen LogP contribution in [-0.4, -0.2) is 60.3 Å². The van der Waals surface area contributed by atoms with E-state index in [0.717, 1.165) is 53.6 Å². The van der Waals surface area contributed by atoms with Crippen molar-refractivity contribution < 1.29 is 23.9 Å². The van der Waals surface area contributed by atoms with Crippen LogP contribution < -0.4 is 32.2 Å². The Morgan fingerprint density at radius 3 is 2.48 bits per heavy atom. The van der Waals surface area contributed by atoms with Gasteiger partial charge in [0.2, 0.25) is 17.7 Å². The number of rotatable bonds is 18. The third-order valence-electron chi connectivity index (χ3n) is 10.4. The van der Waals surface area contributed by atoms with E-state index in [1.54, 1.807) is 13.0 Å². The smallest absolute Gasteiger partial charge is 0.243 e. The van der Waals surface area contributed by atoms with E-state index in [9.17, 15) is 19.2 Å². The average molecular weight is 753 g/mol. The quantitative estimate of drug-likeness (QED) is 0.108. The van der Waals surface area contributed by atoms with Gasteiger partial charge in [0.1, 0.15) is 11.8 Å². The number of nitrogens with one attached hydrogen (secondary N) is 3. The summed E-state index contributed by atoms with van der Waals surface area (Å²) in [7, 11) is 0. The predicted molar refractivity (Wildman–Crippen MR) is 205 cm³/mol. The number of aromatic nitrogens is 1. The second kappa shape index (κ2) is 19.5. The highest BCUT2D eigenvalue weighted by Crippen LogP contribution is 2.34. The number of Topliss-reactive ketones (excluding diaryl/α,β-unsaturated/α-hetero) is 1. The number of thiazole rings is 1. The first kappa shape index (κ1) is 39.6. The number of carbonyl (C=O) groups is 4. The number of nitrogens with zero attached hydrogens (tertiary/aromatic N) is 1. The molecule has 1 aliphatic heterocycles. The number of ketones is 1. The first-order chi connectivity index (χ1) is 25.2. The first-order valence-electron chi connectivity index (χ1n) is 18.8. The number of ether oxygens (including phenoxy) is 1. The van der Waals surface area contributed by atoms with Crippen LogP contribution in [-0.2, 0) is 25.6 Å². The van der Waals surface area contributed by atoms with Gasteiger partial charge in [-0.25, -0.2) is 4.98 Å². The SMILES string of the molecule is CCC(=O)N[C@@H](Cc1nc2ccc(Cl)cc2s1)C(=O)N[C@@H](CC1CCC(CN)CC1)C(=O)C[C@@H](CCCCN)C(=O)N[C@@H]1CCOc2ccccc21. The molecule has 282 valence electrons. The molecule has 11 nitrogen and oxygen atoms in total. The van der Waals surface area contributed by atoms with Gasteiger partial charge in [0.15, 0.2) is 5.78 Å². The Balaban J connectivity index is 1.35. The summed E-state index contributed by atoms with van der Waals surface area (Å²) in [6.07, 6.45) is 7.13. The van der Waals surface area contributed by atoms with Crippen molar-refractivity contribution in [2.45, 2.75) is 102 Å². The van der Waals surface area contributed by atoms with Crippen LogP contribution >= 0.6 is 22.9 Å². The lowest BCUT2D eigenvalue weighted by atomic mass is 9.78. The molecule has 2 aliphatic rings. The molecule has 0 bridgehead atoms. The van der Waals surface area contributed by atoms with Crippen molar-refractivity contribution in [3.8, 4) is 5.75 Å². The number of amides is 3. The highest BCUT2D eigenvalue weighted by atomic mass is 35.5. The minimum absolute atomic E-state index is 0.0189. The van der Waals surface area contributed by atoms with Crippen LogP contribution in [0.3, 0.4) is 0 Å². The number of fused-ring (bicyclic) bond motifs is 2. The van der Waals surface area contributed by atoms with E-state index < -0.39 is 23.9 Å². The van der Waals surface area contributed by atoms with Crippen LogP contribution in [0, 0.1) is 17.8 Å². The highest BCUT2D eigenvalue weighted by molar-refractivity contribution is 7.18. The fourth-order valence-corrected chi connectivity index (χ4v) is 8.61. The van der Waals surface area contributed by atoms with Gasteiger partial charge in [-0.3, -0.25) is 19.2 Å². The largest absolute Gasteiger partial charge is 0.493 e. The van der Waals surface area contributed by atoms with Gasteiger partial charge in [-0.05, 0) is 81.3 Å². The molecule has 3 amide bonds. The number of hydrogen-bond donors (Lipinski definition) is 5. The van der Waals surface area contributed by atoms with Crippen LogP contribution in [0.2, 0.25) is 5.02 Å². The van der Waals surface area contributed by atoms with Crippen LogP contribution in [0.15, 0.2) is 42.5 Å². The number of halogens is 1. The Morgan fingerprint density at radius 1 is 0.962 bits per heavy atom. The van der Waals surface area contributed by atoms with E-state index in [2.05, 4.69) is 20.9 Å². The Hall–Kier alpha value is -3.58. The summed E-state index contributed by atoms with van der Waals surface area (Å²) >= 11 is 7.61. The molecule has 7 N–H and O–H groups in total. The standard InChI is InChI=1S/C39H53ClN6O5S/c1-2-36(48)43-32(22-37-44-30-15-14-27(40)21-35(30)52-37)39(50)46-31(19-24-10-12-25(23-42)13-11-24)33(47)20-26(7-5-6-17-41)38(49)45-29-16-18-51-34-9-4-3-8-28(29)34/h3-4,8-9,14-15,21,24-26,29,31-32H,2,5-7,10-13,16-20,22-23,41-42H2,1H3,(H,43,48)(H,45,49)(H,46,50)/t24?,25?,26-,29-,31+,32+/m1/s1. The molecule has 0 radical (unpaired) electrons. The molecule has 0 unspecified atom stereocenters. The van der Waals surface area contributed by atoms with E-state index in [4.69, 9.17) is 27.8 Å². The van der Waals surface area contributed by atoms with Gasteiger partial charge in [-0.1, -0.05) is 56.0 Å². The lowest BCUT2D eigenvalue weighted by molar-refractivity contribution is -0.134. The number of unbranched alkanes of at least 4 members (excludes halogenated alkanes) is 1. The molecule has 13 heteroatoms. The summed E-state index contributed by atoms with van der Waals surface area (Å²) in [4.78, 5) is 59.7. The molecule has 1 fully saturated rings. The molecule has 1 aromatic heterocycles. The molecule has 0 saturated heterocycles. The highest BCUT2D eigenvalue weighted by Gasteiger charge is 2.34. The number of benzene rings is 2. The van der Waals surface area contributed by atoms with E-state index in [0.29, 0.717) is 61.3 Å². The second-order valence-corrected chi connectivity index (χ2v) is 15.8. The number of para-hydroxylation sites is 1. The second-order valence-electron chi connectivity index (χ2n) is 14.2. The average Bonchev–Trinajstić information content (AvgIpc) is 3.55. The molecule has 0 spiro atoms. The number of hydrogen-bond acceptors (Lipinski definition) is 9. The van der Waals surface area contributed by atoms with Gasteiger partial charge in [0.05, 0.1) is 33.9 Å². The normalized spacial score (nSPS) is 20.2. The lowest BCUT2D eigenvalue weighted by Crippen LogP contribution is -2.53. The third kappa shape index (κ3) is 11.0. The fourth-order valence-electron chi connectivity index (χ4n) is 7.32. The molecule has 5 rings (SSSR count). The summed E-state index contributed by atoms with van der Waals surface area (Å²) < 4.78 is 6.68. The van der Waals surface area contributed by atoms with Crippen molar-refractivity contribution >= 4 is 56.7 Å². The molecule has 52 heavy (non-hydrogen) atoms. The minimum atomic E-state index is -0.941.